The molecule has 0 atom stereocenters. The van der Waals surface area contributed by atoms with Gasteiger partial charge in [0.25, 0.3) is 0 Å². The number of carbonyl (C=O) groups excluding carboxylic acids is 1. The van der Waals surface area contributed by atoms with Crippen LogP contribution in [0.2, 0.25) is 0 Å². The van der Waals surface area contributed by atoms with Gasteiger partial charge in [-0.2, -0.15) is 0 Å². The first-order chi connectivity index (χ1) is 6.33. The van der Waals surface area contributed by atoms with Crippen molar-refractivity contribution in [2.45, 2.75) is 0 Å². The van der Waals surface area contributed by atoms with Crippen molar-refractivity contribution < 1.29 is 9.53 Å². The Hall–Kier alpha value is -1.42. The largest absolute Gasteiger partial charge is 0.464 e. The minimum absolute atomic E-state index is 0.385. The van der Waals surface area contributed by atoms with E-state index in [1.165, 1.54) is 7.11 Å². The Labute approximate surface area is 79.0 Å². The van der Waals surface area contributed by atoms with Gasteiger partial charge in [-0.05, 0) is 17.5 Å². The van der Waals surface area contributed by atoms with E-state index >= 15 is 0 Å². The summed E-state index contributed by atoms with van der Waals surface area (Å²) in [5, 5.41) is 2.79. The zero-order valence-corrected chi connectivity index (χ0v) is 7.80. The fourth-order valence-electron chi connectivity index (χ4n) is 1.15. The van der Waals surface area contributed by atoms with E-state index in [0.29, 0.717) is 5.69 Å². The summed E-state index contributed by atoms with van der Waals surface area (Å²) in [6.07, 6.45) is 1.62. The summed E-state index contributed by atoms with van der Waals surface area (Å²) in [5.74, 6) is -0.385. The van der Waals surface area contributed by atoms with E-state index in [9.17, 15) is 4.79 Å². The van der Waals surface area contributed by atoms with Crippen LogP contribution in [0.5, 0.6) is 0 Å². The fourth-order valence-corrected chi connectivity index (χ4v) is 1.94. The lowest BCUT2D eigenvalue weighted by Gasteiger charge is -1.98. The first kappa shape index (κ1) is 8.19. The predicted molar refractivity (Wildman–Crippen MR) is 51.0 cm³/mol. The Bertz CT molecular complexity index is 450. The van der Waals surface area contributed by atoms with Crippen LogP contribution >= 0.6 is 11.3 Å². The molecule has 2 rings (SSSR count). The number of carbonyl (C=O) groups is 1. The van der Waals surface area contributed by atoms with Crippen molar-refractivity contribution in [2.75, 3.05) is 7.11 Å². The Morgan fingerprint density at radius 3 is 3.15 bits per heavy atom. The van der Waals surface area contributed by atoms with Crippen LogP contribution in [0.1, 0.15) is 10.5 Å². The quantitative estimate of drug-likeness (QED) is 0.651. The summed E-state index contributed by atoms with van der Waals surface area (Å²) >= 11 is 1.58. The molecular weight excluding hydrogens is 186 g/mol. The van der Waals surface area contributed by atoms with Crippen molar-refractivity contribution in [2.24, 2.45) is 0 Å². The Morgan fingerprint density at radius 1 is 1.54 bits per heavy atom. The molecule has 2 aromatic heterocycles. The number of thiophene rings is 1. The number of hydrogen-bond donors (Lipinski definition) is 0. The van der Waals surface area contributed by atoms with Crippen LogP contribution < -0.4 is 0 Å². The summed E-state index contributed by atoms with van der Waals surface area (Å²) in [4.78, 5) is 15.2. The molecule has 0 bridgehead atoms. The van der Waals surface area contributed by atoms with Crippen molar-refractivity contribution >= 4 is 27.4 Å². The number of pyridine rings is 1. The summed E-state index contributed by atoms with van der Waals surface area (Å²) in [5.41, 5.74) is 0.390. The summed E-state index contributed by atoms with van der Waals surface area (Å²) < 4.78 is 5.67. The van der Waals surface area contributed by atoms with Crippen LogP contribution in [0.4, 0.5) is 0 Å². The molecule has 0 saturated heterocycles. The van der Waals surface area contributed by atoms with E-state index in [-0.39, 0.29) is 5.97 Å². The van der Waals surface area contributed by atoms with E-state index in [0.717, 1.165) is 10.1 Å². The van der Waals surface area contributed by atoms with Gasteiger partial charge in [0.15, 0.2) is 5.69 Å². The van der Waals surface area contributed by atoms with Crippen LogP contribution in [0.15, 0.2) is 23.7 Å². The van der Waals surface area contributed by atoms with Gasteiger partial charge in [0.2, 0.25) is 0 Å². The molecule has 0 aliphatic carbocycles. The maximum absolute atomic E-state index is 11.2. The molecule has 0 aliphatic heterocycles. The molecule has 0 fully saturated rings. The minimum atomic E-state index is -0.385. The topological polar surface area (TPSA) is 39.2 Å². The summed E-state index contributed by atoms with van der Waals surface area (Å²) in [7, 11) is 1.36. The summed E-state index contributed by atoms with van der Waals surface area (Å²) in [6.45, 7) is 0. The molecule has 0 aromatic carbocycles. The van der Waals surface area contributed by atoms with Gasteiger partial charge in [-0.3, -0.25) is 0 Å². The van der Waals surface area contributed by atoms with Gasteiger partial charge < -0.3 is 4.74 Å². The highest BCUT2D eigenvalue weighted by Crippen LogP contribution is 2.22. The molecule has 0 spiro atoms. The van der Waals surface area contributed by atoms with E-state index in [1.807, 2.05) is 17.5 Å². The minimum Gasteiger partial charge on any atom is -0.464 e. The highest BCUT2D eigenvalue weighted by Gasteiger charge is 2.11. The smallest absolute Gasteiger partial charge is 0.357 e. The maximum Gasteiger partial charge on any atom is 0.357 e. The predicted octanol–water partition coefficient (Wildman–Crippen LogP) is 2.08. The zero-order valence-electron chi connectivity index (χ0n) is 6.98. The van der Waals surface area contributed by atoms with E-state index < -0.39 is 0 Å². The molecular formula is C9H7NO2S. The number of fused-ring (bicyclic) bond motifs is 1. The lowest BCUT2D eigenvalue weighted by atomic mass is 10.2. The van der Waals surface area contributed by atoms with Crippen LogP contribution in [-0.4, -0.2) is 18.1 Å². The molecule has 0 aliphatic rings. The molecule has 2 aromatic rings. The second-order valence-electron chi connectivity index (χ2n) is 2.48. The number of ether oxygens (including phenoxy) is 1. The lowest BCUT2D eigenvalue weighted by molar-refractivity contribution is 0.0596. The lowest BCUT2D eigenvalue weighted by Crippen LogP contribution is -2.03. The molecule has 13 heavy (non-hydrogen) atoms. The molecule has 0 saturated carbocycles. The van der Waals surface area contributed by atoms with Gasteiger partial charge in [-0.15, -0.1) is 11.3 Å². The fraction of sp³-hybridized carbons (Fsp3) is 0.111. The zero-order chi connectivity index (χ0) is 9.26. The second kappa shape index (κ2) is 3.14. The molecule has 0 N–H and O–H groups in total. The van der Waals surface area contributed by atoms with E-state index in [1.54, 1.807) is 17.5 Å². The molecule has 2 heterocycles. The Balaban J connectivity index is 2.67. The standard InChI is InChI=1S/C9H7NO2S/c1-12-9(11)8-6-3-5-13-7(6)2-4-10-8/h2-5H,1H3. The molecule has 4 heteroatoms. The molecule has 66 valence electrons. The average Bonchev–Trinajstić information content (AvgIpc) is 2.63. The van der Waals surface area contributed by atoms with Crippen LogP contribution in [0.25, 0.3) is 10.1 Å². The van der Waals surface area contributed by atoms with Crippen LogP contribution in [0, 0.1) is 0 Å². The number of esters is 1. The number of nitrogens with zero attached hydrogens (tertiary/aromatic N) is 1. The molecule has 3 nitrogen and oxygen atoms in total. The van der Waals surface area contributed by atoms with Crippen LogP contribution in [-0.2, 0) is 4.74 Å². The molecule has 0 unspecified atom stereocenters. The first-order valence-electron chi connectivity index (χ1n) is 3.73. The first-order valence-corrected chi connectivity index (χ1v) is 4.61. The molecule has 0 radical (unpaired) electrons. The van der Waals surface area contributed by atoms with Gasteiger partial charge in [0.1, 0.15) is 0 Å². The maximum atomic E-state index is 11.2. The molecule has 0 amide bonds. The van der Waals surface area contributed by atoms with Crippen molar-refractivity contribution in [3.63, 3.8) is 0 Å². The van der Waals surface area contributed by atoms with Crippen molar-refractivity contribution in [1.82, 2.24) is 4.98 Å². The van der Waals surface area contributed by atoms with Crippen molar-refractivity contribution in [3.05, 3.63) is 29.4 Å². The summed E-state index contributed by atoms with van der Waals surface area (Å²) in [6, 6.07) is 3.76. The van der Waals surface area contributed by atoms with E-state index in [2.05, 4.69) is 9.72 Å². The Morgan fingerprint density at radius 2 is 2.38 bits per heavy atom. The van der Waals surface area contributed by atoms with Crippen molar-refractivity contribution in [1.29, 1.82) is 0 Å². The van der Waals surface area contributed by atoms with Crippen LogP contribution in [0.3, 0.4) is 0 Å². The van der Waals surface area contributed by atoms with Gasteiger partial charge in [-0.1, -0.05) is 0 Å². The number of rotatable bonds is 1. The van der Waals surface area contributed by atoms with Gasteiger partial charge in [-0.25, -0.2) is 9.78 Å². The van der Waals surface area contributed by atoms with Gasteiger partial charge >= 0.3 is 5.97 Å². The third-order valence-corrected chi connectivity index (χ3v) is 2.64. The van der Waals surface area contributed by atoms with Crippen molar-refractivity contribution in [3.8, 4) is 0 Å². The monoisotopic (exact) mass is 193 g/mol. The van der Waals surface area contributed by atoms with Gasteiger partial charge in [0.05, 0.1) is 7.11 Å². The number of aromatic nitrogens is 1. The highest BCUT2D eigenvalue weighted by atomic mass is 32.1. The third-order valence-electron chi connectivity index (χ3n) is 1.76. The van der Waals surface area contributed by atoms with E-state index in [4.69, 9.17) is 0 Å². The SMILES string of the molecule is COC(=O)c1nccc2sccc12. The normalized spacial score (nSPS) is 10.2. The second-order valence-corrected chi connectivity index (χ2v) is 3.43. The average molecular weight is 193 g/mol. The Kier molecular flexibility index (Phi) is 1.98. The number of methoxy groups -OCH3 is 1. The third kappa shape index (κ3) is 1.29. The van der Waals surface area contributed by atoms with Gasteiger partial charge in [0, 0.05) is 16.3 Å². The number of hydrogen-bond acceptors (Lipinski definition) is 4. The highest BCUT2D eigenvalue weighted by molar-refractivity contribution is 7.17.